The fourth-order valence-electron chi connectivity index (χ4n) is 3.08. The fourth-order valence-corrected chi connectivity index (χ4v) is 3.89. The number of halogens is 1. The summed E-state index contributed by atoms with van der Waals surface area (Å²) in [6, 6.07) is 9.41. The smallest absolute Gasteiger partial charge is 0.288 e. The first-order valence-corrected chi connectivity index (χ1v) is 8.57. The van der Waals surface area contributed by atoms with E-state index in [0.717, 1.165) is 4.88 Å². The van der Waals surface area contributed by atoms with Crippen LogP contribution >= 0.6 is 11.3 Å². The normalized spacial score (nSPS) is 15.2. The van der Waals surface area contributed by atoms with Crippen LogP contribution in [0.15, 0.2) is 46.6 Å². The van der Waals surface area contributed by atoms with Crippen molar-refractivity contribution in [2.45, 2.75) is 6.04 Å². The Hall–Kier alpha value is -3.40. The van der Waals surface area contributed by atoms with Crippen molar-refractivity contribution in [3.8, 4) is 11.3 Å². The van der Waals surface area contributed by atoms with Crippen molar-refractivity contribution in [1.82, 2.24) is 30.4 Å². The van der Waals surface area contributed by atoms with Crippen LogP contribution in [-0.2, 0) is 0 Å². The van der Waals surface area contributed by atoms with Gasteiger partial charge in [-0.25, -0.2) is 9.49 Å². The zero-order valence-corrected chi connectivity index (χ0v) is 13.9. The summed E-state index contributed by atoms with van der Waals surface area (Å²) in [5, 5.41) is 23.4. The highest BCUT2D eigenvalue weighted by atomic mass is 32.1. The molecule has 4 heterocycles. The Morgan fingerprint density at radius 3 is 2.81 bits per heavy atom. The Balaban J connectivity index is 1.82. The molecule has 0 saturated carbocycles. The molecular formula is C16H10FN7OS. The molecule has 0 unspecified atom stereocenters. The Morgan fingerprint density at radius 1 is 1.19 bits per heavy atom. The summed E-state index contributed by atoms with van der Waals surface area (Å²) in [7, 11) is 0. The quantitative estimate of drug-likeness (QED) is 0.497. The van der Waals surface area contributed by atoms with Gasteiger partial charge in [0.1, 0.15) is 17.5 Å². The zero-order chi connectivity index (χ0) is 17.7. The number of nitrogens with zero attached hydrogens (tertiary/aromatic N) is 5. The number of aromatic amines is 1. The molecule has 0 amide bonds. The molecule has 3 aromatic heterocycles. The van der Waals surface area contributed by atoms with E-state index in [-0.39, 0.29) is 11.4 Å². The van der Waals surface area contributed by atoms with Gasteiger partial charge >= 0.3 is 0 Å². The van der Waals surface area contributed by atoms with E-state index in [1.807, 2.05) is 17.5 Å². The maximum absolute atomic E-state index is 13.3. The van der Waals surface area contributed by atoms with Gasteiger partial charge < -0.3 is 5.32 Å². The third-order valence-corrected chi connectivity index (χ3v) is 5.12. The van der Waals surface area contributed by atoms with Crippen LogP contribution in [0.2, 0.25) is 0 Å². The summed E-state index contributed by atoms with van der Waals surface area (Å²) in [4.78, 5) is 13.4. The number of rotatable bonds is 2. The van der Waals surface area contributed by atoms with Crippen LogP contribution in [-0.4, -0.2) is 30.4 Å². The molecule has 26 heavy (non-hydrogen) atoms. The van der Waals surface area contributed by atoms with Crippen molar-refractivity contribution in [3.63, 3.8) is 0 Å². The van der Waals surface area contributed by atoms with Crippen molar-refractivity contribution >= 4 is 23.0 Å². The first-order valence-electron chi connectivity index (χ1n) is 7.69. The van der Waals surface area contributed by atoms with Crippen LogP contribution < -0.4 is 10.9 Å². The second-order valence-electron chi connectivity index (χ2n) is 5.69. The van der Waals surface area contributed by atoms with Gasteiger partial charge in [-0.3, -0.25) is 4.79 Å². The van der Waals surface area contributed by atoms with Gasteiger partial charge in [0, 0.05) is 16.0 Å². The summed E-state index contributed by atoms with van der Waals surface area (Å²) in [5.74, 6) is 0.0281. The Bertz CT molecular complexity index is 1150. The highest BCUT2D eigenvalue weighted by Gasteiger charge is 2.34. The molecule has 10 heteroatoms. The van der Waals surface area contributed by atoms with Crippen LogP contribution in [0.25, 0.3) is 11.3 Å². The number of benzene rings is 1. The zero-order valence-electron chi connectivity index (χ0n) is 13.0. The van der Waals surface area contributed by atoms with E-state index in [4.69, 9.17) is 0 Å². The number of nitrogens with one attached hydrogen (secondary N) is 2. The molecule has 0 spiro atoms. The van der Waals surface area contributed by atoms with E-state index in [1.54, 1.807) is 16.8 Å². The molecule has 0 saturated heterocycles. The molecule has 5 rings (SSSR count). The second-order valence-corrected chi connectivity index (χ2v) is 6.67. The van der Waals surface area contributed by atoms with E-state index in [9.17, 15) is 9.18 Å². The first-order chi connectivity index (χ1) is 12.7. The average molecular weight is 367 g/mol. The molecule has 0 aliphatic carbocycles. The van der Waals surface area contributed by atoms with Crippen LogP contribution in [0.1, 0.15) is 16.5 Å². The lowest BCUT2D eigenvalue weighted by Gasteiger charge is -2.26. The van der Waals surface area contributed by atoms with Crippen molar-refractivity contribution in [1.29, 1.82) is 0 Å². The van der Waals surface area contributed by atoms with Crippen LogP contribution in [0.5, 0.6) is 0 Å². The molecule has 4 aromatic rings. The highest BCUT2D eigenvalue weighted by Crippen LogP contribution is 2.42. The van der Waals surface area contributed by atoms with E-state index in [2.05, 4.69) is 31.0 Å². The fraction of sp³-hybridized carbons (Fsp3) is 0.0625. The standard InChI is InChI=1S/C16H10FN7OS/c17-9-5-3-8(4-6-9)12-11-13(15(25)20-19-12)18-16-21-22-23-24(16)14(11)10-2-1-7-26-10/h1-7,14H,(H,20,25)(H,18,21,23)/t14-/m0/s1. The molecule has 1 aliphatic rings. The van der Waals surface area contributed by atoms with Crippen LogP contribution in [0.3, 0.4) is 0 Å². The summed E-state index contributed by atoms with van der Waals surface area (Å²) in [5.41, 5.74) is 1.81. The number of tetrazole rings is 1. The predicted molar refractivity (Wildman–Crippen MR) is 92.9 cm³/mol. The van der Waals surface area contributed by atoms with Gasteiger partial charge in [0.15, 0.2) is 0 Å². The average Bonchev–Trinajstić information content (AvgIpc) is 3.33. The summed E-state index contributed by atoms with van der Waals surface area (Å²) >= 11 is 1.53. The van der Waals surface area contributed by atoms with E-state index in [1.165, 1.54) is 23.5 Å². The number of H-pyrrole nitrogens is 1. The molecule has 0 bridgehead atoms. The largest absolute Gasteiger partial charge is 0.318 e. The molecular weight excluding hydrogens is 357 g/mol. The summed E-state index contributed by atoms with van der Waals surface area (Å²) in [6.45, 7) is 0. The second kappa shape index (κ2) is 5.56. The predicted octanol–water partition coefficient (Wildman–Crippen LogP) is 2.32. The number of hydrogen-bond donors (Lipinski definition) is 2. The minimum absolute atomic E-state index is 0.333. The number of aromatic nitrogens is 6. The lowest BCUT2D eigenvalue weighted by molar-refractivity contribution is 0.574. The van der Waals surface area contributed by atoms with Crippen molar-refractivity contribution in [3.05, 3.63) is 68.4 Å². The third-order valence-electron chi connectivity index (χ3n) is 4.20. The number of fused-ring (bicyclic) bond motifs is 2. The molecule has 1 aliphatic heterocycles. The van der Waals surface area contributed by atoms with Gasteiger partial charge in [-0.05, 0) is 46.1 Å². The molecule has 1 atom stereocenters. The lowest BCUT2D eigenvalue weighted by atomic mass is 9.96. The molecule has 0 radical (unpaired) electrons. The van der Waals surface area contributed by atoms with E-state index in [0.29, 0.717) is 28.5 Å². The SMILES string of the molecule is O=c1[nH]nc(-c2ccc(F)cc2)c2c1Nc1nnnn1[C@H]2c1cccs1. The van der Waals surface area contributed by atoms with Gasteiger partial charge in [0.05, 0.1) is 5.69 Å². The molecule has 8 nitrogen and oxygen atoms in total. The summed E-state index contributed by atoms with van der Waals surface area (Å²) in [6.07, 6.45) is 0. The van der Waals surface area contributed by atoms with Gasteiger partial charge in [-0.1, -0.05) is 11.2 Å². The summed E-state index contributed by atoms with van der Waals surface area (Å²) < 4.78 is 15.0. The minimum atomic E-state index is -0.411. The van der Waals surface area contributed by atoms with Gasteiger partial charge in [0.25, 0.3) is 5.56 Å². The number of thiophene rings is 1. The maximum Gasteiger partial charge on any atom is 0.288 e. The topological polar surface area (TPSA) is 101 Å². The monoisotopic (exact) mass is 367 g/mol. The number of anilines is 2. The Kier molecular flexibility index (Phi) is 3.19. The van der Waals surface area contributed by atoms with Crippen molar-refractivity contribution < 1.29 is 4.39 Å². The molecule has 1 aromatic carbocycles. The van der Waals surface area contributed by atoms with Crippen LogP contribution in [0, 0.1) is 5.82 Å². The molecule has 128 valence electrons. The molecule has 0 fully saturated rings. The van der Waals surface area contributed by atoms with Crippen LogP contribution in [0.4, 0.5) is 16.0 Å². The maximum atomic E-state index is 13.3. The Labute approximate surface area is 149 Å². The number of hydrogen-bond acceptors (Lipinski definition) is 7. The third kappa shape index (κ3) is 2.15. The van der Waals surface area contributed by atoms with Gasteiger partial charge in [0.2, 0.25) is 5.95 Å². The van der Waals surface area contributed by atoms with Gasteiger partial charge in [-0.2, -0.15) is 9.78 Å². The minimum Gasteiger partial charge on any atom is -0.318 e. The van der Waals surface area contributed by atoms with Gasteiger partial charge in [-0.15, -0.1) is 11.3 Å². The highest BCUT2D eigenvalue weighted by molar-refractivity contribution is 7.10. The van der Waals surface area contributed by atoms with E-state index >= 15 is 0 Å². The van der Waals surface area contributed by atoms with Crippen molar-refractivity contribution in [2.24, 2.45) is 0 Å². The molecule has 2 N–H and O–H groups in total. The van der Waals surface area contributed by atoms with Crippen molar-refractivity contribution in [2.75, 3.05) is 5.32 Å². The lowest BCUT2D eigenvalue weighted by Crippen LogP contribution is -2.28. The Morgan fingerprint density at radius 2 is 2.04 bits per heavy atom. The first kappa shape index (κ1) is 14.9. The van der Waals surface area contributed by atoms with E-state index < -0.39 is 6.04 Å².